The van der Waals surface area contributed by atoms with Gasteiger partial charge in [-0.15, -0.1) is 11.3 Å². The Kier molecular flexibility index (Phi) is 4.26. The van der Waals surface area contributed by atoms with Crippen molar-refractivity contribution in [2.24, 2.45) is 0 Å². The van der Waals surface area contributed by atoms with Crippen molar-refractivity contribution in [3.05, 3.63) is 69.1 Å². The van der Waals surface area contributed by atoms with E-state index in [-0.39, 0.29) is 5.91 Å². The molecule has 3 aromatic heterocycles. The van der Waals surface area contributed by atoms with E-state index in [1.165, 1.54) is 11.3 Å². The molecule has 0 bridgehead atoms. The van der Waals surface area contributed by atoms with Crippen molar-refractivity contribution in [3.8, 4) is 0 Å². The minimum atomic E-state index is -0.0431. The van der Waals surface area contributed by atoms with Crippen LogP contribution in [0.5, 0.6) is 0 Å². The maximum Gasteiger partial charge on any atom is 0.264 e. The fraction of sp³-hybridized carbons (Fsp3) is 0.133. The van der Waals surface area contributed by atoms with Crippen molar-refractivity contribution in [1.82, 2.24) is 4.90 Å². The van der Waals surface area contributed by atoms with Crippen LogP contribution >= 0.6 is 27.3 Å². The van der Waals surface area contributed by atoms with Crippen LogP contribution in [0, 0.1) is 0 Å². The van der Waals surface area contributed by atoms with Crippen LogP contribution in [0.15, 0.2) is 61.5 Å². The first-order valence-electron chi connectivity index (χ1n) is 6.32. The highest BCUT2D eigenvalue weighted by Crippen LogP contribution is 2.24. The SMILES string of the molecule is O=C(c1ccc(Br)s1)N(Cc1ccco1)Cc1ccco1. The summed E-state index contributed by atoms with van der Waals surface area (Å²) in [7, 11) is 0. The topological polar surface area (TPSA) is 46.6 Å². The van der Waals surface area contributed by atoms with Crippen molar-refractivity contribution in [2.45, 2.75) is 13.1 Å². The van der Waals surface area contributed by atoms with Crippen LogP contribution in [0.25, 0.3) is 0 Å². The quantitative estimate of drug-likeness (QED) is 0.666. The first-order valence-corrected chi connectivity index (χ1v) is 7.93. The van der Waals surface area contributed by atoms with E-state index in [0.717, 1.165) is 15.3 Å². The highest BCUT2D eigenvalue weighted by Gasteiger charge is 2.20. The molecule has 0 aliphatic heterocycles. The monoisotopic (exact) mass is 365 g/mol. The van der Waals surface area contributed by atoms with E-state index in [0.29, 0.717) is 18.0 Å². The molecule has 3 aromatic rings. The fourth-order valence-electron chi connectivity index (χ4n) is 1.97. The van der Waals surface area contributed by atoms with Crippen molar-refractivity contribution < 1.29 is 13.6 Å². The summed E-state index contributed by atoms with van der Waals surface area (Å²) in [4.78, 5) is 15.0. The standard InChI is InChI=1S/C15H12BrNO3S/c16-14-6-5-13(21-14)15(18)17(9-11-3-1-7-19-11)10-12-4-2-8-20-12/h1-8H,9-10H2. The molecule has 0 saturated heterocycles. The van der Waals surface area contributed by atoms with E-state index < -0.39 is 0 Å². The highest BCUT2D eigenvalue weighted by molar-refractivity contribution is 9.11. The number of furan rings is 2. The number of carbonyl (C=O) groups excluding carboxylic acids is 1. The lowest BCUT2D eigenvalue weighted by Crippen LogP contribution is -2.29. The number of hydrogen-bond donors (Lipinski definition) is 0. The molecule has 6 heteroatoms. The van der Waals surface area contributed by atoms with E-state index in [9.17, 15) is 4.79 Å². The number of thiophene rings is 1. The van der Waals surface area contributed by atoms with Gasteiger partial charge in [-0.1, -0.05) is 0 Å². The number of amides is 1. The van der Waals surface area contributed by atoms with Crippen molar-refractivity contribution in [1.29, 1.82) is 0 Å². The summed E-state index contributed by atoms with van der Waals surface area (Å²) in [5.74, 6) is 1.44. The lowest BCUT2D eigenvalue weighted by molar-refractivity contribution is 0.0710. The summed E-state index contributed by atoms with van der Waals surface area (Å²) in [6, 6.07) is 11.0. The average Bonchev–Trinajstić information content (AvgIpc) is 3.19. The second kappa shape index (κ2) is 6.32. The number of rotatable bonds is 5. The Balaban J connectivity index is 1.82. The molecular formula is C15H12BrNO3S. The van der Waals surface area contributed by atoms with Crippen LogP contribution in [0.3, 0.4) is 0 Å². The van der Waals surface area contributed by atoms with Crippen molar-refractivity contribution in [3.63, 3.8) is 0 Å². The molecule has 21 heavy (non-hydrogen) atoms. The van der Waals surface area contributed by atoms with Gasteiger partial charge in [-0.3, -0.25) is 4.79 Å². The molecule has 0 saturated carbocycles. The zero-order valence-corrected chi connectivity index (χ0v) is 13.4. The Labute approximate surface area is 134 Å². The Morgan fingerprint density at radius 2 is 1.67 bits per heavy atom. The summed E-state index contributed by atoms with van der Waals surface area (Å²) >= 11 is 4.80. The third-order valence-electron chi connectivity index (χ3n) is 2.92. The number of carbonyl (C=O) groups is 1. The van der Waals surface area contributed by atoms with E-state index in [2.05, 4.69) is 15.9 Å². The number of hydrogen-bond acceptors (Lipinski definition) is 4. The molecular weight excluding hydrogens is 354 g/mol. The molecule has 0 radical (unpaired) electrons. The molecule has 3 rings (SSSR count). The molecule has 3 heterocycles. The molecule has 0 aromatic carbocycles. The maximum atomic E-state index is 12.6. The van der Waals surface area contributed by atoms with E-state index in [1.807, 2.05) is 36.4 Å². The Morgan fingerprint density at radius 3 is 2.10 bits per heavy atom. The number of nitrogens with zero attached hydrogens (tertiary/aromatic N) is 1. The molecule has 1 amide bonds. The first kappa shape index (κ1) is 14.2. The van der Waals surface area contributed by atoms with Crippen LogP contribution in [0.2, 0.25) is 0 Å². The predicted molar refractivity (Wildman–Crippen MR) is 83.0 cm³/mol. The van der Waals surface area contributed by atoms with Gasteiger partial charge in [0, 0.05) is 0 Å². The van der Waals surface area contributed by atoms with Gasteiger partial charge in [-0.25, -0.2) is 0 Å². The van der Waals surface area contributed by atoms with Gasteiger partial charge >= 0.3 is 0 Å². The second-order valence-electron chi connectivity index (χ2n) is 4.42. The summed E-state index contributed by atoms with van der Waals surface area (Å²) in [6.07, 6.45) is 3.21. The summed E-state index contributed by atoms with van der Waals surface area (Å²) in [5.41, 5.74) is 0. The minimum absolute atomic E-state index is 0.0431. The third kappa shape index (κ3) is 3.46. The van der Waals surface area contributed by atoms with Gasteiger partial charge in [0.1, 0.15) is 11.5 Å². The van der Waals surface area contributed by atoms with Gasteiger partial charge in [0.25, 0.3) is 5.91 Å². The molecule has 0 N–H and O–H groups in total. The summed E-state index contributed by atoms with van der Waals surface area (Å²) in [6.45, 7) is 0.810. The van der Waals surface area contributed by atoms with Gasteiger partial charge in [0.2, 0.25) is 0 Å². The number of halogens is 1. The molecule has 0 unspecified atom stereocenters. The van der Waals surface area contributed by atoms with Gasteiger partial charge in [-0.2, -0.15) is 0 Å². The zero-order valence-electron chi connectivity index (χ0n) is 11.0. The minimum Gasteiger partial charge on any atom is -0.467 e. The van der Waals surface area contributed by atoms with Crippen LogP contribution in [0.4, 0.5) is 0 Å². The highest BCUT2D eigenvalue weighted by atomic mass is 79.9. The van der Waals surface area contributed by atoms with E-state index >= 15 is 0 Å². The van der Waals surface area contributed by atoms with Crippen LogP contribution < -0.4 is 0 Å². The lowest BCUT2D eigenvalue weighted by atomic mass is 10.3. The van der Waals surface area contributed by atoms with Crippen LogP contribution in [-0.4, -0.2) is 10.8 Å². The van der Waals surface area contributed by atoms with Gasteiger partial charge in [-0.05, 0) is 52.3 Å². The van der Waals surface area contributed by atoms with E-state index in [4.69, 9.17) is 8.83 Å². The van der Waals surface area contributed by atoms with Crippen molar-refractivity contribution in [2.75, 3.05) is 0 Å². The molecule has 4 nitrogen and oxygen atoms in total. The molecule has 0 fully saturated rings. The van der Waals surface area contributed by atoms with Gasteiger partial charge in [0.05, 0.1) is 34.3 Å². The van der Waals surface area contributed by atoms with Gasteiger partial charge < -0.3 is 13.7 Å². The molecule has 0 aliphatic carbocycles. The molecule has 0 atom stereocenters. The summed E-state index contributed by atoms with van der Waals surface area (Å²) < 4.78 is 11.6. The Bertz CT molecular complexity index is 667. The predicted octanol–water partition coefficient (Wildman–Crippen LogP) is 4.54. The molecule has 108 valence electrons. The average molecular weight is 366 g/mol. The zero-order chi connectivity index (χ0) is 14.7. The normalized spacial score (nSPS) is 10.7. The van der Waals surface area contributed by atoms with Crippen molar-refractivity contribution >= 4 is 33.2 Å². The largest absolute Gasteiger partial charge is 0.467 e. The second-order valence-corrected chi connectivity index (χ2v) is 6.89. The fourth-order valence-corrected chi connectivity index (χ4v) is 3.32. The van der Waals surface area contributed by atoms with Crippen LogP contribution in [0.1, 0.15) is 21.2 Å². The Morgan fingerprint density at radius 1 is 1.05 bits per heavy atom. The maximum absolute atomic E-state index is 12.6. The van der Waals surface area contributed by atoms with E-state index in [1.54, 1.807) is 17.4 Å². The first-order chi connectivity index (χ1) is 10.2. The molecule has 0 spiro atoms. The third-order valence-corrected chi connectivity index (χ3v) is 4.54. The smallest absolute Gasteiger partial charge is 0.264 e. The van der Waals surface area contributed by atoms with Gasteiger partial charge in [0.15, 0.2) is 0 Å². The lowest BCUT2D eigenvalue weighted by Gasteiger charge is -2.19. The van der Waals surface area contributed by atoms with Crippen LogP contribution in [-0.2, 0) is 13.1 Å². The molecule has 0 aliphatic rings. The Hall–Kier alpha value is -1.79. The summed E-state index contributed by atoms with van der Waals surface area (Å²) in [5, 5.41) is 0.